The van der Waals surface area contributed by atoms with Crippen LogP contribution in [0.15, 0.2) is 6.33 Å². The molecule has 16 heavy (non-hydrogen) atoms. The zero-order valence-electron chi connectivity index (χ0n) is 9.89. The van der Waals surface area contributed by atoms with Gasteiger partial charge < -0.3 is 0 Å². The van der Waals surface area contributed by atoms with Crippen LogP contribution in [-0.4, -0.2) is 38.5 Å². The SMILES string of the molecule is CC(C)n1ncnc1CN1CCCC(=O)C1. The summed E-state index contributed by atoms with van der Waals surface area (Å²) in [5.41, 5.74) is 0. The molecule has 0 bridgehead atoms. The minimum Gasteiger partial charge on any atom is -0.298 e. The zero-order valence-corrected chi connectivity index (χ0v) is 9.89. The molecule has 0 radical (unpaired) electrons. The van der Waals surface area contributed by atoms with Crippen molar-refractivity contribution < 1.29 is 4.79 Å². The van der Waals surface area contributed by atoms with Gasteiger partial charge in [0.2, 0.25) is 0 Å². The summed E-state index contributed by atoms with van der Waals surface area (Å²) in [4.78, 5) is 17.7. The maximum absolute atomic E-state index is 11.3. The van der Waals surface area contributed by atoms with Gasteiger partial charge in [0.1, 0.15) is 17.9 Å². The van der Waals surface area contributed by atoms with E-state index in [-0.39, 0.29) is 0 Å². The second-order valence-corrected chi connectivity index (χ2v) is 4.57. The van der Waals surface area contributed by atoms with Crippen molar-refractivity contribution in [3.63, 3.8) is 0 Å². The molecular weight excluding hydrogens is 204 g/mol. The molecule has 88 valence electrons. The third-order valence-corrected chi connectivity index (χ3v) is 2.83. The van der Waals surface area contributed by atoms with Crippen LogP contribution < -0.4 is 0 Å². The molecule has 2 heterocycles. The Morgan fingerprint density at radius 1 is 1.50 bits per heavy atom. The summed E-state index contributed by atoms with van der Waals surface area (Å²) >= 11 is 0. The van der Waals surface area contributed by atoms with Crippen molar-refractivity contribution in [3.05, 3.63) is 12.2 Å². The quantitative estimate of drug-likeness (QED) is 0.766. The van der Waals surface area contributed by atoms with E-state index in [1.165, 1.54) is 0 Å². The highest BCUT2D eigenvalue weighted by Gasteiger charge is 2.19. The van der Waals surface area contributed by atoms with Gasteiger partial charge in [-0.3, -0.25) is 9.69 Å². The second-order valence-electron chi connectivity index (χ2n) is 4.57. The molecule has 1 aromatic heterocycles. The second kappa shape index (κ2) is 4.74. The number of likely N-dealkylation sites (tertiary alicyclic amines) is 1. The Balaban J connectivity index is 2.02. The first kappa shape index (κ1) is 11.3. The van der Waals surface area contributed by atoms with Crippen LogP contribution in [0.3, 0.4) is 0 Å². The number of piperidine rings is 1. The molecule has 1 fully saturated rings. The molecule has 5 heteroatoms. The molecule has 0 amide bonds. The van der Waals surface area contributed by atoms with Gasteiger partial charge in [0, 0.05) is 12.5 Å². The van der Waals surface area contributed by atoms with Crippen molar-refractivity contribution in [3.8, 4) is 0 Å². The monoisotopic (exact) mass is 222 g/mol. The Morgan fingerprint density at radius 2 is 2.31 bits per heavy atom. The average molecular weight is 222 g/mol. The lowest BCUT2D eigenvalue weighted by Gasteiger charge is -2.25. The lowest BCUT2D eigenvalue weighted by atomic mass is 10.1. The molecule has 0 atom stereocenters. The maximum atomic E-state index is 11.3. The van der Waals surface area contributed by atoms with Crippen molar-refractivity contribution >= 4 is 5.78 Å². The average Bonchev–Trinajstić information content (AvgIpc) is 2.66. The Labute approximate surface area is 95.5 Å². The van der Waals surface area contributed by atoms with Crippen molar-refractivity contribution in [2.75, 3.05) is 13.1 Å². The van der Waals surface area contributed by atoms with E-state index in [1.54, 1.807) is 6.33 Å². The van der Waals surface area contributed by atoms with E-state index in [2.05, 4.69) is 28.8 Å². The van der Waals surface area contributed by atoms with Crippen LogP contribution in [0.5, 0.6) is 0 Å². The topological polar surface area (TPSA) is 51.0 Å². The standard InChI is InChI=1S/C11H18N4O/c1-9(2)15-11(12-8-13-15)7-14-5-3-4-10(16)6-14/h8-9H,3-7H2,1-2H3. The van der Waals surface area contributed by atoms with Gasteiger partial charge in [0.15, 0.2) is 0 Å². The maximum Gasteiger partial charge on any atom is 0.146 e. The molecule has 0 unspecified atom stereocenters. The summed E-state index contributed by atoms with van der Waals surface area (Å²) in [7, 11) is 0. The summed E-state index contributed by atoms with van der Waals surface area (Å²) in [6.45, 7) is 6.44. The molecule has 2 rings (SSSR count). The fourth-order valence-electron chi connectivity index (χ4n) is 2.06. The summed E-state index contributed by atoms with van der Waals surface area (Å²) in [6, 6.07) is 0.318. The van der Waals surface area contributed by atoms with E-state index in [9.17, 15) is 4.79 Å². The Hall–Kier alpha value is -1.23. The molecule has 0 saturated carbocycles. The van der Waals surface area contributed by atoms with Crippen LogP contribution in [0.25, 0.3) is 0 Å². The van der Waals surface area contributed by atoms with Crippen LogP contribution in [0.1, 0.15) is 38.6 Å². The van der Waals surface area contributed by atoms with Gasteiger partial charge in [-0.1, -0.05) is 0 Å². The van der Waals surface area contributed by atoms with Gasteiger partial charge in [-0.15, -0.1) is 0 Å². The molecular formula is C11H18N4O. The van der Waals surface area contributed by atoms with Gasteiger partial charge in [-0.2, -0.15) is 5.10 Å². The zero-order chi connectivity index (χ0) is 11.5. The highest BCUT2D eigenvalue weighted by atomic mass is 16.1. The van der Waals surface area contributed by atoms with E-state index in [0.717, 1.165) is 31.8 Å². The highest BCUT2D eigenvalue weighted by molar-refractivity contribution is 5.81. The number of rotatable bonds is 3. The van der Waals surface area contributed by atoms with Crippen LogP contribution in [0.2, 0.25) is 0 Å². The minimum absolute atomic E-state index is 0.318. The fraction of sp³-hybridized carbons (Fsp3) is 0.727. The first-order chi connectivity index (χ1) is 7.66. The molecule has 0 aliphatic carbocycles. The molecule has 1 aliphatic rings. The van der Waals surface area contributed by atoms with Crippen LogP contribution >= 0.6 is 0 Å². The van der Waals surface area contributed by atoms with Crippen molar-refractivity contribution in [2.45, 2.75) is 39.3 Å². The number of carbonyl (C=O) groups is 1. The van der Waals surface area contributed by atoms with Crippen LogP contribution in [0.4, 0.5) is 0 Å². The summed E-state index contributed by atoms with van der Waals surface area (Å²) in [6.07, 6.45) is 3.28. The summed E-state index contributed by atoms with van der Waals surface area (Å²) in [5.74, 6) is 1.28. The van der Waals surface area contributed by atoms with E-state index < -0.39 is 0 Å². The van der Waals surface area contributed by atoms with Gasteiger partial charge >= 0.3 is 0 Å². The van der Waals surface area contributed by atoms with Crippen LogP contribution in [0, 0.1) is 0 Å². The molecule has 1 aliphatic heterocycles. The van der Waals surface area contributed by atoms with Gasteiger partial charge in [-0.25, -0.2) is 9.67 Å². The van der Waals surface area contributed by atoms with E-state index in [1.807, 2.05) is 4.68 Å². The molecule has 0 aromatic carbocycles. The van der Waals surface area contributed by atoms with Crippen molar-refractivity contribution in [1.82, 2.24) is 19.7 Å². The largest absolute Gasteiger partial charge is 0.298 e. The Morgan fingerprint density at radius 3 is 3.00 bits per heavy atom. The number of hydrogen-bond acceptors (Lipinski definition) is 4. The number of hydrogen-bond donors (Lipinski definition) is 0. The lowest BCUT2D eigenvalue weighted by molar-refractivity contribution is -0.122. The first-order valence-electron chi connectivity index (χ1n) is 5.79. The predicted molar refractivity (Wildman–Crippen MR) is 59.9 cm³/mol. The number of nitrogens with zero attached hydrogens (tertiary/aromatic N) is 4. The highest BCUT2D eigenvalue weighted by Crippen LogP contribution is 2.11. The number of carbonyl (C=O) groups excluding carboxylic acids is 1. The third kappa shape index (κ3) is 2.47. The Kier molecular flexibility index (Phi) is 3.33. The molecule has 1 saturated heterocycles. The Bertz CT molecular complexity index is 372. The molecule has 1 aromatic rings. The van der Waals surface area contributed by atoms with E-state index in [0.29, 0.717) is 18.4 Å². The minimum atomic E-state index is 0.318. The predicted octanol–water partition coefficient (Wildman–Crippen LogP) is 1.02. The molecule has 5 nitrogen and oxygen atoms in total. The number of ketones is 1. The van der Waals surface area contributed by atoms with Crippen molar-refractivity contribution in [1.29, 1.82) is 0 Å². The van der Waals surface area contributed by atoms with E-state index >= 15 is 0 Å². The lowest BCUT2D eigenvalue weighted by Crippen LogP contribution is -2.36. The third-order valence-electron chi connectivity index (χ3n) is 2.83. The summed E-state index contributed by atoms with van der Waals surface area (Å²) < 4.78 is 1.92. The summed E-state index contributed by atoms with van der Waals surface area (Å²) in [5, 5.41) is 4.19. The van der Waals surface area contributed by atoms with Crippen molar-refractivity contribution in [2.24, 2.45) is 0 Å². The van der Waals surface area contributed by atoms with E-state index in [4.69, 9.17) is 0 Å². The van der Waals surface area contributed by atoms with Gasteiger partial charge in [-0.05, 0) is 26.8 Å². The molecule has 0 N–H and O–H groups in total. The first-order valence-corrected chi connectivity index (χ1v) is 5.79. The smallest absolute Gasteiger partial charge is 0.146 e. The molecule has 0 spiro atoms. The fourth-order valence-corrected chi connectivity index (χ4v) is 2.06. The van der Waals surface area contributed by atoms with Crippen LogP contribution in [-0.2, 0) is 11.3 Å². The van der Waals surface area contributed by atoms with Gasteiger partial charge in [0.05, 0.1) is 13.1 Å². The number of Topliss-reactive ketones (excluding diaryl/α,β-unsaturated/α-hetero) is 1. The number of aromatic nitrogens is 3. The normalized spacial score (nSPS) is 18.3. The van der Waals surface area contributed by atoms with Gasteiger partial charge in [0.25, 0.3) is 0 Å².